The first kappa shape index (κ1) is 13.8. The lowest BCUT2D eigenvalue weighted by Gasteiger charge is -2.31. The molecule has 0 heterocycles. The van der Waals surface area contributed by atoms with Gasteiger partial charge in [0.25, 0.3) is 0 Å². The van der Waals surface area contributed by atoms with Crippen molar-refractivity contribution in [1.29, 1.82) is 0 Å². The number of hydrogen-bond acceptors (Lipinski definition) is 4. The van der Waals surface area contributed by atoms with Crippen LogP contribution in [0.1, 0.15) is 40.0 Å². The van der Waals surface area contributed by atoms with Crippen molar-refractivity contribution in [3.05, 3.63) is 10.4 Å². The Labute approximate surface area is 101 Å². The van der Waals surface area contributed by atoms with E-state index in [4.69, 9.17) is 10.3 Å². The largest absolute Gasteiger partial charge is 0.460 e. The van der Waals surface area contributed by atoms with Crippen LogP contribution in [0.3, 0.4) is 0 Å². The van der Waals surface area contributed by atoms with Gasteiger partial charge in [-0.15, -0.1) is 0 Å². The molecule has 1 unspecified atom stereocenters. The van der Waals surface area contributed by atoms with Crippen LogP contribution in [0.25, 0.3) is 10.4 Å². The Kier molecular flexibility index (Phi) is 4.37. The Morgan fingerprint density at radius 3 is 2.59 bits per heavy atom. The number of rotatable bonds is 2. The lowest BCUT2D eigenvalue weighted by Crippen LogP contribution is -2.36. The summed E-state index contributed by atoms with van der Waals surface area (Å²) in [7, 11) is 0. The van der Waals surface area contributed by atoms with Gasteiger partial charge >= 0.3 is 5.97 Å². The average molecular weight is 241 g/mol. The van der Waals surface area contributed by atoms with Crippen LogP contribution in [-0.2, 0) is 9.53 Å². The van der Waals surface area contributed by atoms with Crippen LogP contribution >= 0.6 is 0 Å². The second kappa shape index (κ2) is 5.38. The van der Waals surface area contributed by atoms with E-state index < -0.39 is 11.7 Å². The number of carbonyl (C=O) groups excluding carboxylic acids is 1. The molecule has 0 amide bonds. The van der Waals surface area contributed by atoms with Crippen LogP contribution in [0.4, 0.5) is 0 Å². The summed E-state index contributed by atoms with van der Waals surface area (Å²) in [6.07, 6.45) is 0.655. The molecule has 1 aliphatic carbocycles. The Bertz CT molecular complexity index is 331. The molecule has 1 N–H and O–H groups in total. The summed E-state index contributed by atoms with van der Waals surface area (Å²) < 4.78 is 5.27. The number of carbonyl (C=O) groups is 1. The van der Waals surface area contributed by atoms with Crippen molar-refractivity contribution in [3.63, 3.8) is 0 Å². The summed E-state index contributed by atoms with van der Waals surface area (Å²) in [4.78, 5) is 14.6. The van der Waals surface area contributed by atoms with Crippen molar-refractivity contribution in [1.82, 2.24) is 0 Å². The quantitative estimate of drug-likeness (QED) is 0.347. The van der Waals surface area contributed by atoms with E-state index in [-0.39, 0.29) is 17.9 Å². The minimum atomic E-state index is -0.600. The monoisotopic (exact) mass is 241 g/mol. The highest BCUT2D eigenvalue weighted by atomic mass is 16.6. The Morgan fingerprint density at radius 1 is 1.41 bits per heavy atom. The van der Waals surface area contributed by atoms with Gasteiger partial charge in [0.05, 0.1) is 12.0 Å². The molecule has 1 fully saturated rings. The SMILES string of the molecule is CC(C)(C)OC(=O)C1C[C@H](O)C[C@@H](N=[N+]=[N-])C1. The fourth-order valence-corrected chi connectivity index (χ4v) is 2.00. The number of aliphatic hydroxyl groups excluding tert-OH is 1. The van der Waals surface area contributed by atoms with Gasteiger partial charge in [-0.2, -0.15) is 0 Å². The number of nitrogens with zero attached hydrogens (tertiary/aromatic N) is 3. The molecule has 17 heavy (non-hydrogen) atoms. The van der Waals surface area contributed by atoms with Gasteiger partial charge in [0.15, 0.2) is 0 Å². The molecule has 1 saturated carbocycles. The van der Waals surface area contributed by atoms with E-state index >= 15 is 0 Å². The van der Waals surface area contributed by atoms with Gasteiger partial charge in [-0.25, -0.2) is 0 Å². The van der Waals surface area contributed by atoms with E-state index in [9.17, 15) is 9.90 Å². The first-order chi connectivity index (χ1) is 7.81. The smallest absolute Gasteiger partial charge is 0.309 e. The van der Waals surface area contributed by atoms with Crippen LogP contribution in [-0.4, -0.2) is 28.8 Å². The van der Waals surface area contributed by atoms with E-state index in [1.165, 1.54) is 0 Å². The van der Waals surface area contributed by atoms with Gasteiger partial charge in [0.1, 0.15) is 5.60 Å². The number of ether oxygens (including phenoxy) is 1. The van der Waals surface area contributed by atoms with Gasteiger partial charge in [0, 0.05) is 11.0 Å². The van der Waals surface area contributed by atoms with Crippen LogP contribution in [0.15, 0.2) is 5.11 Å². The van der Waals surface area contributed by atoms with Crippen molar-refractivity contribution >= 4 is 5.97 Å². The predicted octanol–water partition coefficient (Wildman–Crippen LogP) is 2.17. The summed E-state index contributed by atoms with van der Waals surface area (Å²) in [5.74, 6) is -0.706. The molecule has 0 radical (unpaired) electrons. The molecular formula is C11H19N3O3. The van der Waals surface area contributed by atoms with E-state index in [1.54, 1.807) is 20.8 Å². The van der Waals surface area contributed by atoms with Crippen molar-refractivity contribution in [2.45, 2.75) is 57.8 Å². The lowest BCUT2D eigenvalue weighted by molar-refractivity contribution is -0.162. The van der Waals surface area contributed by atoms with E-state index in [0.29, 0.717) is 19.3 Å². The third kappa shape index (κ3) is 4.63. The van der Waals surface area contributed by atoms with Crippen molar-refractivity contribution < 1.29 is 14.6 Å². The average Bonchev–Trinajstić information content (AvgIpc) is 2.14. The standard InChI is InChI=1S/C11H19N3O3/c1-11(2,3)17-10(16)7-4-8(13-14-12)6-9(15)5-7/h7-9,15H,4-6H2,1-3H3/t7?,8-,9-/m0/s1. The molecule has 96 valence electrons. The second-order valence-electron chi connectivity index (χ2n) is 5.45. The highest BCUT2D eigenvalue weighted by Gasteiger charge is 2.34. The fourth-order valence-electron chi connectivity index (χ4n) is 2.00. The second-order valence-corrected chi connectivity index (χ2v) is 5.45. The lowest BCUT2D eigenvalue weighted by atomic mass is 9.84. The predicted molar refractivity (Wildman–Crippen MR) is 62.1 cm³/mol. The molecule has 0 aromatic carbocycles. The topological polar surface area (TPSA) is 95.3 Å². The molecule has 6 heteroatoms. The summed E-state index contributed by atoms with van der Waals surface area (Å²) in [5, 5.41) is 13.2. The van der Waals surface area contributed by atoms with E-state index in [2.05, 4.69) is 10.0 Å². The zero-order valence-electron chi connectivity index (χ0n) is 10.5. The number of esters is 1. The Morgan fingerprint density at radius 2 is 2.06 bits per heavy atom. The van der Waals surface area contributed by atoms with Crippen LogP contribution in [0.5, 0.6) is 0 Å². The van der Waals surface area contributed by atoms with Gasteiger partial charge in [0.2, 0.25) is 0 Å². The molecule has 1 rings (SSSR count). The molecule has 0 aromatic heterocycles. The van der Waals surface area contributed by atoms with Gasteiger partial charge in [-0.05, 0) is 45.6 Å². The molecule has 1 aliphatic rings. The third-order valence-corrected chi connectivity index (χ3v) is 2.61. The van der Waals surface area contributed by atoms with Gasteiger partial charge in [-0.1, -0.05) is 5.11 Å². The highest BCUT2D eigenvalue weighted by molar-refractivity contribution is 5.73. The zero-order chi connectivity index (χ0) is 13.1. The molecule has 3 atom stereocenters. The van der Waals surface area contributed by atoms with Crippen LogP contribution in [0, 0.1) is 5.92 Å². The third-order valence-electron chi connectivity index (χ3n) is 2.61. The maximum atomic E-state index is 11.8. The summed E-state index contributed by atoms with van der Waals surface area (Å²) >= 11 is 0. The molecule has 0 aromatic rings. The van der Waals surface area contributed by atoms with Crippen molar-refractivity contribution in [3.8, 4) is 0 Å². The maximum Gasteiger partial charge on any atom is 0.309 e. The van der Waals surface area contributed by atoms with Gasteiger partial charge < -0.3 is 9.84 Å². The first-order valence-corrected chi connectivity index (χ1v) is 5.77. The Balaban J connectivity index is 2.64. The molecule has 0 saturated heterocycles. The molecule has 0 spiro atoms. The summed E-state index contributed by atoms with van der Waals surface area (Å²) in [6, 6.07) is -0.318. The number of azide groups is 1. The van der Waals surface area contributed by atoms with E-state index in [0.717, 1.165) is 0 Å². The van der Waals surface area contributed by atoms with Gasteiger partial charge in [-0.3, -0.25) is 4.79 Å². The first-order valence-electron chi connectivity index (χ1n) is 5.77. The molecule has 0 aliphatic heterocycles. The molecular weight excluding hydrogens is 222 g/mol. The minimum absolute atomic E-state index is 0.318. The molecule has 0 bridgehead atoms. The van der Waals surface area contributed by atoms with Crippen molar-refractivity contribution in [2.75, 3.05) is 0 Å². The van der Waals surface area contributed by atoms with Crippen molar-refractivity contribution in [2.24, 2.45) is 11.0 Å². The maximum absolute atomic E-state index is 11.8. The van der Waals surface area contributed by atoms with Crippen LogP contribution < -0.4 is 0 Å². The minimum Gasteiger partial charge on any atom is -0.460 e. The highest BCUT2D eigenvalue weighted by Crippen LogP contribution is 2.29. The normalized spacial score (nSPS) is 29.3. The fraction of sp³-hybridized carbons (Fsp3) is 0.909. The number of hydrogen-bond donors (Lipinski definition) is 1. The number of aliphatic hydroxyl groups is 1. The molecule has 6 nitrogen and oxygen atoms in total. The Hall–Kier alpha value is -1.26. The summed E-state index contributed by atoms with van der Waals surface area (Å²) in [5.41, 5.74) is 7.84. The van der Waals surface area contributed by atoms with Crippen LogP contribution in [0.2, 0.25) is 0 Å². The van der Waals surface area contributed by atoms with E-state index in [1.807, 2.05) is 0 Å². The zero-order valence-corrected chi connectivity index (χ0v) is 10.5. The summed E-state index contributed by atoms with van der Waals surface area (Å²) in [6.45, 7) is 5.40.